The minimum absolute atomic E-state index is 0.0262. The van der Waals surface area contributed by atoms with Gasteiger partial charge in [0.15, 0.2) is 0 Å². The van der Waals surface area contributed by atoms with E-state index in [1.54, 1.807) is 23.5 Å². The number of amides is 1. The van der Waals surface area contributed by atoms with Crippen molar-refractivity contribution < 1.29 is 13.9 Å². The summed E-state index contributed by atoms with van der Waals surface area (Å²) < 4.78 is 19.3. The first-order chi connectivity index (χ1) is 10.6. The summed E-state index contributed by atoms with van der Waals surface area (Å²) in [6.45, 7) is 1.08. The van der Waals surface area contributed by atoms with Crippen LogP contribution in [0.3, 0.4) is 0 Å². The van der Waals surface area contributed by atoms with Gasteiger partial charge in [-0.3, -0.25) is 4.79 Å². The van der Waals surface area contributed by atoms with E-state index in [9.17, 15) is 9.18 Å². The van der Waals surface area contributed by atoms with Crippen LogP contribution in [0.1, 0.15) is 17.7 Å². The second-order valence-corrected chi connectivity index (χ2v) is 7.26. The monoisotopic (exact) mass is 385 g/mol. The Hall–Kier alpha value is -1.40. The van der Waals surface area contributed by atoms with Crippen molar-refractivity contribution in [3.05, 3.63) is 50.9 Å². The van der Waals surface area contributed by atoms with E-state index in [0.29, 0.717) is 31.7 Å². The van der Waals surface area contributed by atoms with E-state index < -0.39 is 0 Å². The van der Waals surface area contributed by atoms with Crippen molar-refractivity contribution in [2.24, 2.45) is 0 Å². The maximum Gasteiger partial charge on any atom is 0.220 e. The summed E-state index contributed by atoms with van der Waals surface area (Å²) in [5.41, 5.74) is 0. The number of hydrogen-bond acceptors (Lipinski definition) is 3. The molecule has 0 saturated heterocycles. The summed E-state index contributed by atoms with van der Waals surface area (Å²) >= 11 is 5.09. The zero-order valence-corrected chi connectivity index (χ0v) is 14.4. The number of thiophene rings is 1. The van der Waals surface area contributed by atoms with E-state index in [1.807, 2.05) is 6.07 Å². The van der Waals surface area contributed by atoms with Crippen molar-refractivity contribution in [3.8, 4) is 5.75 Å². The number of hydrogen-bond donors (Lipinski definition) is 1. The Morgan fingerprint density at radius 3 is 2.68 bits per heavy atom. The van der Waals surface area contributed by atoms with Crippen LogP contribution in [0.2, 0.25) is 0 Å². The predicted octanol–water partition coefficient (Wildman–Crippen LogP) is 4.17. The van der Waals surface area contributed by atoms with Gasteiger partial charge in [-0.2, -0.15) is 0 Å². The number of rotatable bonds is 8. The van der Waals surface area contributed by atoms with Crippen molar-refractivity contribution in [1.29, 1.82) is 0 Å². The molecule has 1 aromatic carbocycles. The van der Waals surface area contributed by atoms with E-state index in [-0.39, 0.29) is 11.7 Å². The Balaban J connectivity index is 1.55. The standard InChI is InChI=1S/C16H17BrFNO2S/c17-15-8-7-14(22-15)9-10-19-16(20)2-1-11-21-13-5-3-12(18)4-6-13/h3-8H,1-2,9-11H2,(H,19,20). The molecular weight excluding hydrogens is 369 g/mol. The summed E-state index contributed by atoms with van der Waals surface area (Å²) in [5, 5.41) is 2.89. The van der Waals surface area contributed by atoms with Crippen LogP contribution in [0.25, 0.3) is 0 Å². The van der Waals surface area contributed by atoms with E-state index >= 15 is 0 Å². The maximum absolute atomic E-state index is 12.7. The van der Waals surface area contributed by atoms with Gasteiger partial charge >= 0.3 is 0 Å². The van der Waals surface area contributed by atoms with Gasteiger partial charge < -0.3 is 10.1 Å². The van der Waals surface area contributed by atoms with Crippen molar-refractivity contribution in [1.82, 2.24) is 5.32 Å². The van der Waals surface area contributed by atoms with Gasteiger partial charge in [-0.05, 0) is 65.2 Å². The molecule has 0 spiro atoms. The average molecular weight is 386 g/mol. The molecule has 0 saturated carbocycles. The third-order valence-electron chi connectivity index (χ3n) is 2.95. The molecule has 1 amide bonds. The van der Waals surface area contributed by atoms with Gasteiger partial charge in [0.2, 0.25) is 5.91 Å². The van der Waals surface area contributed by atoms with Crippen molar-refractivity contribution in [2.75, 3.05) is 13.2 Å². The highest BCUT2D eigenvalue weighted by Crippen LogP contribution is 2.22. The summed E-state index contributed by atoms with van der Waals surface area (Å²) in [7, 11) is 0. The van der Waals surface area contributed by atoms with Gasteiger partial charge in [0, 0.05) is 17.8 Å². The highest BCUT2D eigenvalue weighted by molar-refractivity contribution is 9.11. The maximum atomic E-state index is 12.7. The SMILES string of the molecule is O=C(CCCOc1ccc(F)cc1)NCCc1ccc(Br)s1. The molecule has 0 radical (unpaired) electrons. The molecule has 0 aliphatic heterocycles. The molecule has 1 N–H and O–H groups in total. The quantitative estimate of drug-likeness (QED) is 0.692. The van der Waals surface area contributed by atoms with Crippen LogP contribution in [0.15, 0.2) is 40.2 Å². The highest BCUT2D eigenvalue weighted by Gasteiger charge is 2.03. The minimum atomic E-state index is -0.288. The van der Waals surface area contributed by atoms with Gasteiger partial charge in [-0.1, -0.05) is 0 Å². The summed E-state index contributed by atoms with van der Waals surface area (Å²) in [6.07, 6.45) is 1.90. The molecular formula is C16H17BrFNO2S. The average Bonchev–Trinajstić information content (AvgIpc) is 2.91. The third-order valence-corrected chi connectivity index (χ3v) is 4.64. The molecule has 3 nitrogen and oxygen atoms in total. The zero-order valence-electron chi connectivity index (χ0n) is 12.0. The lowest BCUT2D eigenvalue weighted by molar-refractivity contribution is -0.121. The molecule has 0 unspecified atom stereocenters. The first-order valence-corrected chi connectivity index (χ1v) is 8.64. The van der Waals surface area contributed by atoms with Crippen molar-refractivity contribution in [2.45, 2.75) is 19.3 Å². The molecule has 0 fully saturated rings. The Kier molecular flexibility index (Phi) is 6.86. The topological polar surface area (TPSA) is 38.3 Å². The Bertz CT molecular complexity index is 600. The fraction of sp³-hybridized carbons (Fsp3) is 0.312. The van der Waals surface area contributed by atoms with Crippen LogP contribution in [0.4, 0.5) is 4.39 Å². The van der Waals surface area contributed by atoms with Crippen LogP contribution < -0.4 is 10.1 Å². The number of nitrogens with one attached hydrogen (secondary N) is 1. The molecule has 1 heterocycles. The van der Waals surface area contributed by atoms with E-state index in [4.69, 9.17) is 4.74 Å². The van der Waals surface area contributed by atoms with Crippen LogP contribution >= 0.6 is 27.3 Å². The molecule has 1 aromatic heterocycles. The molecule has 22 heavy (non-hydrogen) atoms. The second kappa shape index (κ2) is 8.90. The van der Waals surface area contributed by atoms with Crippen LogP contribution in [0, 0.1) is 5.82 Å². The summed E-state index contributed by atoms with van der Waals surface area (Å²) in [4.78, 5) is 12.9. The molecule has 2 aromatic rings. The molecule has 0 bridgehead atoms. The second-order valence-electron chi connectivity index (χ2n) is 4.71. The van der Waals surface area contributed by atoms with E-state index in [1.165, 1.54) is 17.0 Å². The molecule has 6 heteroatoms. The molecule has 118 valence electrons. The van der Waals surface area contributed by atoms with Crippen molar-refractivity contribution in [3.63, 3.8) is 0 Å². The molecule has 2 rings (SSSR count). The Morgan fingerprint density at radius 1 is 1.23 bits per heavy atom. The normalized spacial score (nSPS) is 10.5. The number of benzene rings is 1. The molecule has 0 aliphatic carbocycles. The number of carbonyl (C=O) groups excluding carboxylic acids is 1. The van der Waals surface area contributed by atoms with Gasteiger partial charge in [0.05, 0.1) is 10.4 Å². The largest absolute Gasteiger partial charge is 0.494 e. The van der Waals surface area contributed by atoms with Crippen molar-refractivity contribution >= 4 is 33.2 Å². The summed E-state index contributed by atoms with van der Waals surface area (Å²) in [5.74, 6) is 0.355. The predicted molar refractivity (Wildman–Crippen MR) is 89.9 cm³/mol. The van der Waals surface area contributed by atoms with Gasteiger partial charge in [-0.15, -0.1) is 11.3 Å². The van der Waals surface area contributed by atoms with Crippen LogP contribution in [0.5, 0.6) is 5.75 Å². The molecule has 0 aliphatic rings. The molecule has 0 atom stereocenters. The Labute approximate surface area is 141 Å². The fourth-order valence-electron chi connectivity index (χ4n) is 1.85. The minimum Gasteiger partial charge on any atom is -0.494 e. The first-order valence-electron chi connectivity index (χ1n) is 7.03. The highest BCUT2D eigenvalue weighted by atomic mass is 79.9. The first kappa shape index (κ1) is 17.0. The lowest BCUT2D eigenvalue weighted by atomic mass is 10.3. The third kappa shape index (κ3) is 6.15. The van der Waals surface area contributed by atoms with Crippen LogP contribution in [-0.2, 0) is 11.2 Å². The zero-order chi connectivity index (χ0) is 15.8. The fourth-order valence-corrected chi connectivity index (χ4v) is 3.34. The lowest BCUT2D eigenvalue weighted by Gasteiger charge is -2.06. The van der Waals surface area contributed by atoms with E-state index in [2.05, 4.69) is 27.3 Å². The van der Waals surface area contributed by atoms with Gasteiger partial charge in [-0.25, -0.2) is 4.39 Å². The lowest BCUT2D eigenvalue weighted by Crippen LogP contribution is -2.25. The van der Waals surface area contributed by atoms with Gasteiger partial charge in [0.1, 0.15) is 11.6 Å². The number of halogens is 2. The number of carbonyl (C=O) groups is 1. The van der Waals surface area contributed by atoms with Gasteiger partial charge in [0.25, 0.3) is 0 Å². The van der Waals surface area contributed by atoms with Crippen LogP contribution in [-0.4, -0.2) is 19.1 Å². The summed E-state index contributed by atoms with van der Waals surface area (Å²) in [6, 6.07) is 9.92. The number of ether oxygens (including phenoxy) is 1. The smallest absolute Gasteiger partial charge is 0.220 e. The van der Waals surface area contributed by atoms with E-state index in [0.717, 1.165) is 10.2 Å². The Morgan fingerprint density at radius 2 is 2.00 bits per heavy atom.